The predicted molar refractivity (Wildman–Crippen MR) is 134 cm³/mol. The molecule has 1 aliphatic rings. The van der Waals surface area contributed by atoms with Gasteiger partial charge in [-0.05, 0) is 57.9 Å². The molecule has 0 spiro atoms. The number of halogens is 4. The summed E-state index contributed by atoms with van der Waals surface area (Å²) in [6, 6.07) is 4.10. The number of nitrogens with two attached hydrogens (primary N) is 1. The molecular weight excluding hydrogens is 522 g/mol. The summed E-state index contributed by atoms with van der Waals surface area (Å²) < 4.78 is 64.9. The lowest BCUT2D eigenvalue weighted by Crippen LogP contribution is -2.50. The van der Waals surface area contributed by atoms with Crippen LogP contribution in [0.1, 0.15) is 61.6 Å². The third-order valence-electron chi connectivity index (χ3n) is 6.49. The molecule has 3 aromatic rings. The van der Waals surface area contributed by atoms with Crippen molar-refractivity contribution in [2.75, 3.05) is 20.2 Å². The largest absolute Gasteiger partial charge is 0.494 e. The average molecular weight is 552 g/mol. The van der Waals surface area contributed by atoms with Gasteiger partial charge in [-0.1, -0.05) is 0 Å². The first-order valence-electron chi connectivity index (χ1n) is 12.3. The van der Waals surface area contributed by atoms with Gasteiger partial charge in [0, 0.05) is 30.1 Å². The van der Waals surface area contributed by atoms with Crippen LogP contribution in [0.25, 0.3) is 22.4 Å². The van der Waals surface area contributed by atoms with Crippen molar-refractivity contribution in [3.05, 3.63) is 41.4 Å². The molecule has 2 amide bonds. The van der Waals surface area contributed by atoms with E-state index >= 15 is 0 Å². The Labute approximate surface area is 221 Å². The Bertz CT molecular complexity index is 1390. The molecular formula is C26H29F4N5O4. The van der Waals surface area contributed by atoms with E-state index in [0.717, 1.165) is 6.07 Å². The van der Waals surface area contributed by atoms with Gasteiger partial charge in [-0.15, -0.1) is 0 Å². The highest BCUT2D eigenvalue weighted by Gasteiger charge is 2.35. The predicted octanol–water partition coefficient (Wildman–Crippen LogP) is 4.41. The molecule has 4 rings (SSSR count). The number of ether oxygens (including phenoxy) is 1. The zero-order valence-corrected chi connectivity index (χ0v) is 21.9. The van der Waals surface area contributed by atoms with E-state index in [0.29, 0.717) is 18.4 Å². The van der Waals surface area contributed by atoms with E-state index in [4.69, 9.17) is 14.9 Å². The van der Waals surface area contributed by atoms with Gasteiger partial charge in [0.2, 0.25) is 5.89 Å². The number of nitrogens with zero attached hydrogens (tertiary/aromatic N) is 3. The second kappa shape index (κ2) is 10.4. The lowest BCUT2D eigenvalue weighted by atomic mass is 10.0. The molecule has 0 radical (unpaired) electrons. The summed E-state index contributed by atoms with van der Waals surface area (Å²) in [4.78, 5) is 35.1. The second-order valence-corrected chi connectivity index (χ2v) is 9.94. The van der Waals surface area contributed by atoms with Gasteiger partial charge in [0.15, 0.2) is 17.1 Å². The third-order valence-corrected chi connectivity index (χ3v) is 6.49. The number of alkyl halides is 4. The summed E-state index contributed by atoms with van der Waals surface area (Å²) in [6.07, 6.45) is -3.82. The minimum Gasteiger partial charge on any atom is -0.494 e. The summed E-state index contributed by atoms with van der Waals surface area (Å²) >= 11 is 0. The Morgan fingerprint density at radius 3 is 2.36 bits per heavy atom. The van der Waals surface area contributed by atoms with Gasteiger partial charge in [0.05, 0.1) is 13.2 Å². The smallest absolute Gasteiger partial charge is 0.433 e. The first kappa shape index (κ1) is 28.3. The van der Waals surface area contributed by atoms with Crippen molar-refractivity contribution in [2.24, 2.45) is 5.73 Å². The molecule has 13 heteroatoms. The van der Waals surface area contributed by atoms with Gasteiger partial charge in [0.1, 0.15) is 17.0 Å². The van der Waals surface area contributed by atoms with Crippen LogP contribution in [0, 0.1) is 0 Å². The first-order chi connectivity index (χ1) is 18.2. The van der Waals surface area contributed by atoms with E-state index in [1.54, 1.807) is 17.9 Å². The van der Waals surface area contributed by atoms with Crippen LogP contribution in [0.4, 0.5) is 17.6 Å². The van der Waals surface area contributed by atoms with E-state index in [1.807, 2.05) is 0 Å². The summed E-state index contributed by atoms with van der Waals surface area (Å²) in [5, 5.41) is 2.94. The summed E-state index contributed by atoms with van der Waals surface area (Å²) in [7, 11) is 1.32. The summed E-state index contributed by atoms with van der Waals surface area (Å²) in [6.45, 7) is 4.54. The number of oxazole rings is 1. The molecule has 0 saturated carbocycles. The number of carbonyl (C=O) groups is 2. The minimum absolute atomic E-state index is 0.00723. The SMILES string of the molecule is COc1ccc(-c2nc(C(=O)N3CCC(NC(=O)C(C)(C)F)CC3)c([C@H](C)N)o2)c2ccc(C(F)(F)F)nc12. The zero-order valence-electron chi connectivity index (χ0n) is 21.9. The fraction of sp³-hybridized carbons (Fsp3) is 0.462. The zero-order chi connectivity index (χ0) is 28.7. The minimum atomic E-state index is -4.65. The number of nitrogens with one attached hydrogen (secondary N) is 1. The van der Waals surface area contributed by atoms with Crippen LogP contribution in [0.15, 0.2) is 28.7 Å². The Kier molecular flexibility index (Phi) is 7.57. The number of hydrogen-bond acceptors (Lipinski definition) is 7. The number of fused-ring (bicyclic) bond motifs is 1. The van der Waals surface area contributed by atoms with Crippen LogP contribution in [0.3, 0.4) is 0 Å². The Hall–Kier alpha value is -3.74. The summed E-state index contributed by atoms with van der Waals surface area (Å²) in [5.74, 6) is -0.915. The van der Waals surface area contributed by atoms with Gasteiger partial charge in [-0.2, -0.15) is 13.2 Å². The fourth-order valence-electron chi connectivity index (χ4n) is 4.34. The van der Waals surface area contributed by atoms with Crippen molar-refractivity contribution < 1.29 is 36.3 Å². The maximum Gasteiger partial charge on any atom is 0.433 e. The molecule has 2 aromatic heterocycles. The van der Waals surface area contributed by atoms with Crippen LogP contribution in [0.5, 0.6) is 5.75 Å². The van der Waals surface area contributed by atoms with Crippen LogP contribution in [-0.4, -0.2) is 58.6 Å². The van der Waals surface area contributed by atoms with Crippen molar-refractivity contribution in [1.82, 2.24) is 20.2 Å². The van der Waals surface area contributed by atoms with E-state index in [-0.39, 0.29) is 53.1 Å². The van der Waals surface area contributed by atoms with Crippen LogP contribution in [0.2, 0.25) is 0 Å². The fourth-order valence-corrected chi connectivity index (χ4v) is 4.34. The normalized spacial score (nSPS) is 15.9. The lowest BCUT2D eigenvalue weighted by Gasteiger charge is -2.33. The van der Waals surface area contributed by atoms with Crippen molar-refractivity contribution in [3.63, 3.8) is 0 Å². The van der Waals surface area contributed by atoms with E-state index in [2.05, 4.69) is 15.3 Å². The maximum atomic E-state index is 13.9. The van der Waals surface area contributed by atoms with E-state index < -0.39 is 35.4 Å². The molecule has 1 atom stereocenters. The van der Waals surface area contributed by atoms with Crippen LogP contribution in [-0.2, 0) is 11.0 Å². The van der Waals surface area contributed by atoms with Crippen LogP contribution >= 0.6 is 0 Å². The van der Waals surface area contributed by atoms with Crippen molar-refractivity contribution in [1.29, 1.82) is 0 Å². The van der Waals surface area contributed by atoms with Gasteiger partial charge in [0.25, 0.3) is 11.8 Å². The Morgan fingerprint density at radius 1 is 1.13 bits per heavy atom. The maximum absolute atomic E-state index is 13.9. The third kappa shape index (κ3) is 5.82. The van der Waals surface area contributed by atoms with E-state index in [9.17, 15) is 27.2 Å². The first-order valence-corrected chi connectivity index (χ1v) is 12.3. The molecule has 0 aliphatic carbocycles. The number of likely N-dealkylation sites (tertiary alicyclic amines) is 1. The number of hydrogen-bond donors (Lipinski definition) is 2. The van der Waals surface area contributed by atoms with Gasteiger partial charge in [-0.25, -0.2) is 14.4 Å². The molecule has 1 saturated heterocycles. The second-order valence-electron chi connectivity index (χ2n) is 9.94. The number of pyridine rings is 1. The number of aromatic nitrogens is 2. The monoisotopic (exact) mass is 551 g/mol. The highest BCUT2D eigenvalue weighted by molar-refractivity contribution is 5.98. The van der Waals surface area contributed by atoms with Crippen molar-refractivity contribution >= 4 is 22.7 Å². The number of benzene rings is 1. The number of piperidine rings is 1. The molecule has 3 heterocycles. The Morgan fingerprint density at radius 2 is 1.79 bits per heavy atom. The molecule has 1 fully saturated rings. The molecule has 39 heavy (non-hydrogen) atoms. The molecule has 9 nitrogen and oxygen atoms in total. The quantitative estimate of drug-likeness (QED) is 0.435. The van der Waals surface area contributed by atoms with E-state index in [1.165, 1.54) is 33.1 Å². The Balaban J connectivity index is 1.64. The van der Waals surface area contributed by atoms with Crippen molar-refractivity contribution in [3.8, 4) is 17.2 Å². The van der Waals surface area contributed by atoms with Crippen LogP contribution < -0.4 is 15.8 Å². The average Bonchev–Trinajstić information content (AvgIpc) is 3.32. The highest BCUT2D eigenvalue weighted by atomic mass is 19.4. The molecule has 0 bridgehead atoms. The van der Waals surface area contributed by atoms with Gasteiger partial charge >= 0.3 is 6.18 Å². The molecule has 3 N–H and O–H groups in total. The number of rotatable bonds is 6. The summed E-state index contributed by atoms with van der Waals surface area (Å²) in [5.41, 5.74) is 3.23. The standard InChI is InChI=1S/C26H29F4N5O4/c1-13(31)21-20(23(36)35-11-9-14(10-12-35)32-24(37)25(2,3)27)34-22(39-21)16-5-7-17(38-4)19-15(16)6-8-18(33-19)26(28,29)30/h5-8,13-14H,9-12,31H2,1-4H3,(H,32,37)/t13-/m0/s1. The molecule has 210 valence electrons. The topological polar surface area (TPSA) is 124 Å². The van der Waals surface area contributed by atoms with Gasteiger partial charge < -0.3 is 25.1 Å². The number of methoxy groups -OCH3 is 1. The van der Waals surface area contributed by atoms with Gasteiger partial charge in [-0.3, -0.25) is 9.59 Å². The number of carbonyl (C=O) groups excluding carboxylic acids is 2. The molecule has 0 unspecified atom stereocenters. The number of amides is 2. The lowest BCUT2D eigenvalue weighted by molar-refractivity contribution is -0.141. The molecule has 1 aliphatic heterocycles. The molecule has 1 aromatic carbocycles. The van der Waals surface area contributed by atoms with Crippen molar-refractivity contribution in [2.45, 2.75) is 57.5 Å². The highest BCUT2D eigenvalue weighted by Crippen LogP contribution is 2.37.